The molecule has 0 spiro atoms. The van der Waals surface area contributed by atoms with Crippen LogP contribution in [0.3, 0.4) is 0 Å². The molecule has 15 heavy (non-hydrogen) atoms. The Bertz CT molecular complexity index is 302. The summed E-state index contributed by atoms with van der Waals surface area (Å²) in [6, 6.07) is 10.2. The van der Waals surface area contributed by atoms with E-state index in [-0.39, 0.29) is 5.92 Å². The maximum Gasteiger partial charge on any atom is 0.118 e. The van der Waals surface area contributed by atoms with E-state index in [2.05, 4.69) is 17.0 Å². The van der Waals surface area contributed by atoms with Crippen molar-refractivity contribution in [2.45, 2.75) is 12.7 Å². The Kier molecular flexibility index (Phi) is 3.34. The molecule has 1 fully saturated rings. The number of nitrogens with zero attached hydrogens (tertiary/aromatic N) is 1. The molecular formula is C12H17FN2. The van der Waals surface area contributed by atoms with Gasteiger partial charge in [0.25, 0.3) is 0 Å². The van der Waals surface area contributed by atoms with Crippen molar-refractivity contribution in [2.75, 3.05) is 19.6 Å². The molecule has 0 aliphatic carbocycles. The molecule has 2 nitrogen and oxygen atoms in total. The molecule has 1 aliphatic rings. The molecule has 2 N–H and O–H groups in total. The van der Waals surface area contributed by atoms with E-state index in [1.165, 1.54) is 5.56 Å². The number of nitrogens with two attached hydrogens (primary N) is 1. The van der Waals surface area contributed by atoms with E-state index in [4.69, 9.17) is 5.73 Å². The van der Waals surface area contributed by atoms with E-state index in [1.54, 1.807) is 0 Å². The zero-order chi connectivity index (χ0) is 10.7. The summed E-state index contributed by atoms with van der Waals surface area (Å²) in [5, 5.41) is 0. The Morgan fingerprint density at radius 1 is 1.27 bits per heavy atom. The predicted molar refractivity (Wildman–Crippen MR) is 59.2 cm³/mol. The number of rotatable bonds is 3. The van der Waals surface area contributed by atoms with Crippen LogP contribution < -0.4 is 5.73 Å². The fourth-order valence-electron chi connectivity index (χ4n) is 2.11. The van der Waals surface area contributed by atoms with Gasteiger partial charge in [-0.05, 0) is 12.1 Å². The number of alkyl halides is 1. The minimum absolute atomic E-state index is 0.0220. The first-order valence-corrected chi connectivity index (χ1v) is 5.40. The highest BCUT2D eigenvalue weighted by molar-refractivity contribution is 5.14. The second-order valence-corrected chi connectivity index (χ2v) is 4.19. The fourth-order valence-corrected chi connectivity index (χ4v) is 2.11. The summed E-state index contributed by atoms with van der Waals surface area (Å²) >= 11 is 0. The highest BCUT2D eigenvalue weighted by Gasteiger charge is 2.31. The lowest BCUT2D eigenvalue weighted by Gasteiger charge is -2.14. The Balaban J connectivity index is 1.92. The van der Waals surface area contributed by atoms with Gasteiger partial charge in [-0.25, -0.2) is 4.39 Å². The SMILES string of the molecule is NCC1CN(Cc2ccccc2)CC1F. The van der Waals surface area contributed by atoms with E-state index < -0.39 is 6.17 Å². The number of halogens is 1. The Hall–Kier alpha value is -0.930. The molecule has 2 unspecified atom stereocenters. The highest BCUT2D eigenvalue weighted by Crippen LogP contribution is 2.20. The van der Waals surface area contributed by atoms with Crippen LogP contribution in [0.5, 0.6) is 0 Å². The topological polar surface area (TPSA) is 29.3 Å². The van der Waals surface area contributed by atoms with Gasteiger partial charge in [0.15, 0.2) is 0 Å². The molecule has 3 heteroatoms. The van der Waals surface area contributed by atoms with Crippen LogP contribution in [0.2, 0.25) is 0 Å². The van der Waals surface area contributed by atoms with Crippen molar-refractivity contribution in [2.24, 2.45) is 11.7 Å². The quantitative estimate of drug-likeness (QED) is 0.814. The number of hydrogen-bond acceptors (Lipinski definition) is 2. The molecule has 82 valence electrons. The van der Waals surface area contributed by atoms with Crippen molar-refractivity contribution in [3.05, 3.63) is 35.9 Å². The van der Waals surface area contributed by atoms with Gasteiger partial charge in [-0.2, -0.15) is 0 Å². The van der Waals surface area contributed by atoms with Crippen LogP contribution in [0.1, 0.15) is 5.56 Å². The summed E-state index contributed by atoms with van der Waals surface area (Å²) in [5.41, 5.74) is 6.75. The molecule has 2 atom stereocenters. The Labute approximate surface area is 89.9 Å². The molecule has 0 radical (unpaired) electrons. The first-order chi connectivity index (χ1) is 7.29. The van der Waals surface area contributed by atoms with Crippen LogP contribution >= 0.6 is 0 Å². The molecule has 1 heterocycles. The molecule has 0 amide bonds. The zero-order valence-electron chi connectivity index (χ0n) is 8.77. The van der Waals surface area contributed by atoms with Gasteiger partial charge in [-0.15, -0.1) is 0 Å². The van der Waals surface area contributed by atoms with Crippen LogP contribution in [-0.4, -0.2) is 30.7 Å². The third kappa shape index (κ3) is 2.55. The van der Waals surface area contributed by atoms with Crippen molar-refractivity contribution in [3.8, 4) is 0 Å². The summed E-state index contributed by atoms with van der Waals surface area (Å²) in [6.07, 6.45) is -0.751. The van der Waals surface area contributed by atoms with Crippen LogP contribution in [0.25, 0.3) is 0 Å². The largest absolute Gasteiger partial charge is 0.330 e. The van der Waals surface area contributed by atoms with Crippen molar-refractivity contribution >= 4 is 0 Å². The van der Waals surface area contributed by atoms with Crippen LogP contribution in [0.15, 0.2) is 30.3 Å². The predicted octanol–water partition coefficient (Wildman–Crippen LogP) is 1.42. The van der Waals surface area contributed by atoms with E-state index >= 15 is 0 Å². The minimum atomic E-state index is -0.751. The van der Waals surface area contributed by atoms with Crippen LogP contribution in [-0.2, 0) is 6.54 Å². The highest BCUT2D eigenvalue weighted by atomic mass is 19.1. The van der Waals surface area contributed by atoms with Crippen LogP contribution in [0, 0.1) is 5.92 Å². The maximum atomic E-state index is 13.4. The van der Waals surface area contributed by atoms with E-state index in [0.717, 1.165) is 13.1 Å². The first kappa shape index (κ1) is 10.6. The molecule has 1 saturated heterocycles. The van der Waals surface area contributed by atoms with E-state index in [0.29, 0.717) is 13.1 Å². The monoisotopic (exact) mass is 208 g/mol. The summed E-state index contributed by atoms with van der Waals surface area (Å²) in [7, 11) is 0. The third-order valence-electron chi connectivity index (χ3n) is 2.99. The second kappa shape index (κ2) is 4.73. The van der Waals surface area contributed by atoms with E-state index in [1.807, 2.05) is 18.2 Å². The molecule has 0 aromatic heterocycles. The normalized spacial score (nSPS) is 27.1. The fraction of sp³-hybridized carbons (Fsp3) is 0.500. The smallest absolute Gasteiger partial charge is 0.118 e. The zero-order valence-corrected chi connectivity index (χ0v) is 8.77. The van der Waals surface area contributed by atoms with Gasteiger partial charge in [0.1, 0.15) is 6.17 Å². The molecule has 1 aliphatic heterocycles. The van der Waals surface area contributed by atoms with Gasteiger partial charge < -0.3 is 5.73 Å². The van der Waals surface area contributed by atoms with Gasteiger partial charge in [-0.1, -0.05) is 30.3 Å². The third-order valence-corrected chi connectivity index (χ3v) is 2.99. The number of likely N-dealkylation sites (tertiary alicyclic amines) is 1. The summed E-state index contributed by atoms with van der Waals surface area (Å²) in [5.74, 6) is 0.0220. The summed E-state index contributed by atoms with van der Waals surface area (Å²) in [6.45, 7) is 2.59. The maximum absolute atomic E-state index is 13.4. The molecule has 1 aromatic carbocycles. The molecule has 2 rings (SSSR count). The molecule has 0 bridgehead atoms. The van der Waals surface area contributed by atoms with Gasteiger partial charge in [0.2, 0.25) is 0 Å². The summed E-state index contributed by atoms with van der Waals surface area (Å²) in [4.78, 5) is 2.14. The number of benzene rings is 1. The van der Waals surface area contributed by atoms with Crippen molar-refractivity contribution < 1.29 is 4.39 Å². The van der Waals surface area contributed by atoms with Gasteiger partial charge in [-0.3, -0.25) is 4.90 Å². The van der Waals surface area contributed by atoms with Gasteiger partial charge >= 0.3 is 0 Å². The Morgan fingerprint density at radius 2 is 2.00 bits per heavy atom. The lowest BCUT2D eigenvalue weighted by Crippen LogP contribution is -2.23. The summed E-state index contributed by atoms with van der Waals surface area (Å²) < 4.78 is 13.4. The average molecular weight is 208 g/mol. The van der Waals surface area contributed by atoms with Crippen LogP contribution in [0.4, 0.5) is 4.39 Å². The Morgan fingerprint density at radius 3 is 2.60 bits per heavy atom. The van der Waals surface area contributed by atoms with Crippen molar-refractivity contribution in [1.29, 1.82) is 0 Å². The van der Waals surface area contributed by atoms with Crippen molar-refractivity contribution in [3.63, 3.8) is 0 Å². The van der Waals surface area contributed by atoms with Gasteiger partial charge in [0.05, 0.1) is 0 Å². The van der Waals surface area contributed by atoms with Gasteiger partial charge in [0, 0.05) is 25.6 Å². The lowest BCUT2D eigenvalue weighted by atomic mass is 10.1. The molecule has 0 saturated carbocycles. The first-order valence-electron chi connectivity index (χ1n) is 5.40. The molecule has 1 aromatic rings. The lowest BCUT2D eigenvalue weighted by molar-refractivity contribution is 0.271. The molecular weight excluding hydrogens is 191 g/mol. The standard InChI is InChI=1S/C12H17FN2/c13-12-9-15(8-11(12)6-14)7-10-4-2-1-3-5-10/h1-5,11-12H,6-9,14H2. The van der Waals surface area contributed by atoms with Crippen molar-refractivity contribution in [1.82, 2.24) is 4.90 Å². The number of hydrogen-bond donors (Lipinski definition) is 1. The van der Waals surface area contributed by atoms with E-state index in [9.17, 15) is 4.39 Å². The minimum Gasteiger partial charge on any atom is -0.330 e. The average Bonchev–Trinajstić information content (AvgIpc) is 2.60. The second-order valence-electron chi connectivity index (χ2n) is 4.19.